The summed E-state index contributed by atoms with van der Waals surface area (Å²) in [5.41, 5.74) is 0. The Morgan fingerprint density at radius 1 is 1.30 bits per heavy atom. The minimum atomic E-state index is 1.26. The summed E-state index contributed by atoms with van der Waals surface area (Å²) in [4.78, 5) is 2.42. The highest BCUT2D eigenvalue weighted by atomic mass is 15.5. The molecule has 0 radical (unpaired) electrons. The van der Waals surface area contributed by atoms with Crippen molar-refractivity contribution >= 4 is 0 Å². The normalized spacial score (nSPS) is 25.5. The molecule has 10 heavy (non-hydrogen) atoms. The molecule has 0 aromatic rings. The first-order valence-corrected chi connectivity index (χ1v) is 4.26. The van der Waals surface area contributed by atoms with E-state index >= 15 is 0 Å². The molecule has 1 rings (SSSR count). The molecule has 1 aliphatic rings. The average Bonchev–Trinajstić information content (AvgIpc) is 2.33. The van der Waals surface area contributed by atoms with Gasteiger partial charge < -0.3 is 4.48 Å². The summed E-state index contributed by atoms with van der Waals surface area (Å²) in [7, 11) is 2.21. The van der Waals surface area contributed by atoms with Gasteiger partial charge in [0.2, 0.25) is 0 Å². The molecule has 0 aromatic carbocycles. The summed E-state index contributed by atoms with van der Waals surface area (Å²) in [6.45, 7) is 11.1. The number of hydrogen-bond acceptors (Lipinski definition) is 1. The summed E-state index contributed by atoms with van der Waals surface area (Å²) in [5.74, 6) is 0. The van der Waals surface area contributed by atoms with Crippen molar-refractivity contribution in [1.82, 2.24) is 4.90 Å². The third kappa shape index (κ3) is 1.32. The maximum absolute atomic E-state index is 2.42. The summed E-state index contributed by atoms with van der Waals surface area (Å²) in [6.07, 6.45) is 0. The largest absolute Gasteiger partial charge is 0.310 e. The van der Waals surface area contributed by atoms with Gasteiger partial charge in [0.25, 0.3) is 0 Å². The Labute approximate surface area is 64.0 Å². The Hall–Kier alpha value is -0.0800. The Balaban J connectivity index is 2.51. The van der Waals surface area contributed by atoms with Gasteiger partial charge in [-0.05, 0) is 20.9 Å². The molecular formula is C8H19N2+. The van der Waals surface area contributed by atoms with Crippen LogP contribution in [0.25, 0.3) is 0 Å². The van der Waals surface area contributed by atoms with Gasteiger partial charge in [-0.3, -0.25) is 4.90 Å². The quantitative estimate of drug-likeness (QED) is 0.515. The maximum Gasteiger partial charge on any atom is 0.135 e. The van der Waals surface area contributed by atoms with Crippen LogP contribution in [-0.2, 0) is 0 Å². The number of likely N-dealkylation sites (N-methyl/N-ethyl adjacent to an activating group) is 2. The van der Waals surface area contributed by atoms with Gasteiger partial charge >= 0.3 is 0 Å². The van der Waals surface area contributed by atoms with E-state index in [9.17, 15) is 0 Å². The van der Waals surface area contributed by atoms with Crippen LogP contribution in [0.2, 0.25) is 0 Å². The van der Waals surface area contributed by atoms with Gasteiger partial charge in [-0.1, -0.05) is 0 Å². The van der Waals surface area contributed by atoms with Crippen molar-refractivity contribution in [2.45, 2.75) is 13.8 Å². The molecule has 0 bridgehead atoms. The summed E-state index contributed by atoms with van der Waals surface area (Å²) >= 11 is 0. The summed E-state index contributed by atoms with van der Waals surface area (Å²) in [5, 5.41) is 0. The van der Waals surface area contributed by atoms with Crippen LogP contribution in [-0.4, -0.2) is 49.3 Å². The molecule has 1 heterocycles. The third-order valence-corrected chi connectivity index (χ3v) is 2.84. The molecular weight excluding hydrogens is 124 g/mol. The molecule has 0 spiro atoms. The van der Waals surface area contributed by atoms with Gasteiger partial charge in [0.1, 0.15) is 6.67 Å². The van der Waals surface area contributed by atoms with E-state index < -0.39 is 0 Å². The highest BCUT2D eigenvalue weighted by Gasteiger charge is 2.30. The van der Waals surface area contributed by atoms with Crippen molar-refractivity contribution in [1.29, 1.82) is 0 Å². The molecule has 2 heteroatoms. The lowest BCUT2D eigenvalue weighted by atomic mass is 10.4. The summed E-state index contributed by atoms with van der Waals surface area (Å²) in [6, 6.07) is 0. The fraction of sp³-hybridized carbons (Fsp3) is 1.00. The monoisotopic (exact) mass is 143 g/mol. The molecule has 1 aliphatic heterocycles. The Bertz CT molecular complexity index is 108. The number of quaternary nitrogens is 1. The van der Waals surface area contributed by atoms with Gasteiger partial charge in [0, 0.05) is 0 Å². The van der Waals surface area contributed by atoms with Gasteiger partial charge in [0.15, 0.2) is 0 Å². The average molecular weight is 143 g/mol. The SMILES string of the molecule is CC[N+]1(CC)CCN(C)C1. The molecule has 0 N–H and O–H groups in total. The van der Waals surface area contributed by atoms with Gasteiger partial charge in [-0.25, -0.2) is 0 Å². The molecule has 0 atom stereocenters. The van der Waals surface area contributed by atoms with E-state index in [-0.39, 0.29) is 0 Å². The molecule has 0 amide bonds. The van der Waals surface area contributed by atoms with Crippen LogP contribution in [0.4, 0.5) is 0 Å². The molecule has 0 unspecified atom stereocenters. The maximum atomic E-state index is 2.42. The van der Waals surface area contributed by atoms with Crippen LogP contribution in [0.1, 0.15) is 13.8 Å². The van der Waals surface area contributed by atoms with Crippen molar-refractivity contribution in [3.63, 3.8) is 0 Å². The molecule has 2 nitrogen and oxygen atoms in total. The van der Waals surface area contributed by atoms with Crippen LogP contribution in [0.15, 0.2) is 0 Å². The zero-order chi connectivity index (χ0) is 7.61. The van der Waals surface area contributed by atoms with Crippen LogP contribution in [0, 0.1) is 0 Å². The highest BCUT2D eigenvalue weighted by Crippen LogP contribution is 2.13. The van der Waals surface area contributed by atoms with Crippen LogP contribution >= 0.6 is 0 Å². The minimum Gasteiger partial charge on any atom is -0.310 e. The van der Waals surface area contributed by atoms with Crippen molar-refractivity contribution in [2.24, 2.45) is 0 Å². The summed E-state index contributed by atoms with van der Waals surface area (Å²) < 4.78 is 1.30. The number of nitrogens with zero attached hydrogens (tertiary/aromatic N) is 2. The first kappa shape index (κ1) is 8.02. The lowest BCUT2D eigenvalue weighted by Crippen LogP contribution is -2.46. The predicted molar refractivity (Wildman–Crippen MR) is 43.7 cm³/mol. The van der Waals surface area contributed by atoms with Crippen molar-refractivity contribution in [3.05, 3.63) is 0 Å². The van der Waals surface area contributed by atoms with Crippen LogP contribution in [0.5, 0.6) is 0 Å². The van der Waals surface area contributed by atoms with E-state index in [4.69, 9.17) is 0 Å². The zero-order valence-electron chi connectivity index (χ0n) is 7.43. The van der Waals surface area contributed by atoms with Crippen LogP contribution in [0.3, 0.4) is 0 Å². The topological polar surface area (TPSA) is 3.24 Å². The Kier molecular flexibility index (Phi) is 2.32. The standard InChI is InChI=1S/C8H19N2/c1-4-10(5-2)7-6-9(3)8-10/h4-8H2,1-3H3/q+1. The second-order valence-electron chi connectivity index (χ2n) is 3.42. The molecule has 1 fully saturated rings. The molecule has 0 saturated carbocycles. The molecule has 60 valence electrons. The van der Waals surface area contributed by atoms with E-state index in [2.05, 4.69) is 25.8 Å². The van der Waals surface area contributed by atoms with Crippen molar-refractivity contribution < 1.29 is 4.48 Å². The third-order valence-electron chi connectivity index (χ3n) is 2.84. The second-order valence-corrected chi connectivity index (χ2v) is 3.42. The van der Waals surface area contributed by atoms with Gasteiger partial charge in [-0.2, -0.15) is 0 Å². The zero-order valence-corrected chi connectivity index (χ0v) is 7.43. The lowest BCUT2D eigenvalue weighted by molar-refractivity contribution is -0.917. The number of rotatable bonds is 2. The molecule has 0 aromatic heterocycles. The minimum absolute atomic E-state index is 1.26. The smallest absolute Gasteiger partial charge is 0.135 e. The predicted octanol–water partition coefficient (Wildman–Crippen LogP) is 0.746. The van der Waals surface area contributed by atoms with Gasteiger partial charge in [0.05, 0.1) is 26.2 Å². The van der Waals surface area contributed by atoms with E-state index in [1.807, 2.05) is 0 Å². The molecule has 1 saturated heterocycles. The Morgan fingerprint density at radius 2 is 1.90 bits per heavy atom. The van der Waals surface area contributed by atoms with Gasteiger partial charge in [-0.15, -0.1) is 0 Å². The molecule has 0 aliphatic carbocycles. The first-order chi connectivity index (χ1) is 4.72. The van der Waals surface area contributed by atoms with E-state index in [0.29, 0.717) is 0 Å². The number of hydrogen-bond donors (Lipinski definition) is 0. The van der Waals surface area contributed by atoms with E-state index in [1.165, 1.54) is 37.3 Å². The first-order valence-electron chi connectivity index (χ1n) is 4.26. The lowest BCUT2D eigenvalue weighted by Gasteiger charge is -2.31. The van der Waals surface area contributed by atoms with E-state index in [0.717, 1.165) is 0 Å². The Morgan fingerprint density at radius 3 is 2.10 bits per heavy atom. The fourth-order valence-electron chi connectivity index (χ4n) is 1.78. The van der Waals surface area contributed by atoms with Crippen molar-refractivity contribution in [3.8, 4) is 0 Å². The van der Waals surface area contributed by atoms with Crippen LogP contribution < -0.4 is 0 Å². The van der Waals surface area contributed by atoms with Crippen molar-refractivity contribution in [2.75, 3.05) is 39.9 Å². The highest BCUT2D eigenvalue weighted by molar-refractivity contribution is 4.54. The fourth-order valence-corrected chi connectivity index (χ4v) is 1.78. The van der Waals surface area contributed by atoms with E-state index in [1.54, 1.807) is 0 Å². The second kappa shape index (κ2) is 2.89.